The Balaban J connectivity index is 1.63. The highest BCUT2D eigenvalue weighted by molar-refractivity contribution is 7.92. The van der Waals surface area contributed by atoms with E-state index in [1.807, 2.05) is 68.4 Å². The Kier molecular flexibility index (Phi) is 9.47. The molecular weight excluding hydrogens is 552 g/mol. The van der Waals surface area contributed by atoms with E-state index in [2.05, 4.69) is 15.2 Å². The van der Waals surface area contributed by atoms with E-state index >= 15 is 0 Å². The van der Waals surface area contributed by atoms with Crippen molar-refractivity contribution in [3.8, 4) is 11.1 Å². The average Bonchev–Trinajstić information content (AvgIpc) is 3.29. The minimum atomic E-state index is -3.99. The van der Waals surface area contributed by atoms with Gasteiger partial charge in [0.25, 0.3) is 10.0 Å². The van der Waals surface area contributed by atoms with Crippen LogP contribution < -0.4 is 10.0 Å². The minimum Gasteiger partial charge on any atom is -0.357 e. The molecule has 0 fully saturated rings. The first kappa shape index (κ1) is 30.5. The number of likely N-dealkylation sites (N-methyl/N-ethyl adjacent to an activating group) is 1. The monoisotopic (exact) mass is 588 g/mol. The van der Waals surface area contributed by atoms with Crippen molar-refractivity contribution in [2.45, 2.75) is 51.6 Å². The van der Waals surface area contributed by atoms with Gasteiger partial charge in [0.05, 0.1) is 17.0 Å². The summed E-state index contributed by atoms with van der Waals surface area (Å²) in [4.78, 5) is 28.2. The van der Waals surface area contributed by atoms with Crippen molar-refractivity contribution in [1.29, 1.82) is 0 Å². The molecule has 0 spiro atoms. The summed E-state index contributed by atoms with van der Waals surface area (Å²) < 4.78 is 34.4. The number of hydrogen-bond donors (Lipinski definition) is 2. The summed E-state index contributed by atoms with van der Waals surface area (Å²) >= 11 is 0. The third-order valence-corrected chi connectivity index (χ3v) is 8.57. The van der Waals surface area contributed by atoms with Crippen LogP contribution >= 0.6 is 0 Å². The number of sulfonamides is 1. The van der Waals surface area contributed by atoms with Gasteiger partial charge in [-0.1, -0.05) is 91.8 Å². The lowest BCUT2D eigenvalue weighted by molar-refractivity contribution is -0.142. The second kappa shape index (κ2) is 13.0. The molecule has 0 unspecified atom stereocenters. The zero-order valence-electron chi connectivity index (χ0n) is 24.4. The highest BCUT2D eigenvalue weighted by Gasteiger charge is 2.32. The molecule has 10 heteroatoms. The minimum absolute atomic E-state index is 0.0775. The fraction of sp³-hybridized carbons (Fsp3) is 0.281. The van der Waals surface area contributed by atoms with Crippen LogP contribution in [0.1, 0.15) is 36.2 Å². The fourth-order valence-corrected chi connectivity index (χ4v) is 6.06. The van der Waals surface area contributed by atoms with Crippen LogP contribution in [0.4, 0.5) is 5.88 Å². The van der Waals surface area contributed by atoms with Gasteiger partial charge >= 0.3 is 0 Å². The molecule has 0 bridgehead atoms. The van der Waals surface area contributed by atoms with E-state index in [4.69, 9.17) is 4.52 Å². The van der Waals surface area contributed by atoms with E-state index in [1.165, 1.54) is 6.07 Å². The number of amides is 2. The first-order valence-corrected chi connectivity index (χ1v) is 15.2. The molecular formula is C32H36N4O5S. The lowest BCUT2D eigenvalue weighted by Crippen LogP contribution is -2.51. The van der Waals surface area contributed by atoms with Crippen molar-refractivity contribution in [1.82, 2.24) is 15.4 Å². The number of nitrogens with zero attached hydrogens (tertiary/aromatic N) is 2. The Labute approximate surface area is 247 Å². The van der Waals surface area contributed by atoms with E-state index in [0.717, 1.165) is 11.1 Å². The van der Waals surface area contributed by atoms with Crippen molar-refractivity contribution >= 4 is 27.7 Å². The van der Waals surface area contributed by atoms with Crippen LogP contribution in [0.3, 0.4) is 0 Å². The van der Waals surface area contributed by atoms with Crippen molar-refractivity contribution in [2.75, 3.05) is 11.8 Å². The number of carbonyl (C=O) groups excluding carboxylic acids is 2. The maximum absolute atomic E-state index is 13.6. The Morgan fingerprint density at radius 1 is 0.905 bits per heavy atom. The molecule has 0 aliphatic rings. The molecule has 2 amide bonds. The smallest absolute Gasteiger partial charge is 0.264 e. The van der Waals surface area contributed by atoms with Crippen molar-refractivity contribution < 1.29 is 22.5 Å². The maximum Gasteiger partial charge on any atom is 0.264 e. The summed E-state index contributed by atoms with van der Waals surface area (Å²) in [5.41, 5.74) is 4.07. The molecule has 2 N–H and O–H groups in total. The second-order valence-electron chi connectivity index (χ2n) is 10.5. The number of nitrogens with one attached hydrogen (secondary N) is 2. The number of anilines is 1. The lowest BCUT2D eigenvalue weighted by atomic mass is 9.98. The number of carbonyl (C=O) groups is 2. The summed E-state index contributed by atoms with van der Waals surface area (Å²) in [6.45, 7) is 7.52. The zero-order valence-corrected chi connectivity index (χ0v) is 25.2. The Morgan fingerprint density at radius 3 is 2.14 bits per heavy atom. The van der Waals surface area contributed by atoms with E-state index in [-0.39, 0.29) is 41.5 Å². The van der Waals surface area contributed by atoms with Gasteiger partial charge in [0.1, 0.15) is 6.04 Å². The quantitative estimate of drug-likeness (QED) is 0.251. The lowest BCUT2D eigenvalue weighted by Gasteiger charge is -2.33. The largest absolute Gasteiger partial charge is 0.357 e. The molecule has 0 aliphatic carbocycles. The van der Waals surface area contributed by atoms with Crippen LogP contribution in [-0.4, -0.2) is 43.4 Å². The molecule has 4 aromatic rings. The molecule has 1 heterocycles. The molecule has 0 saturated heterocycles. The predicted octanol–water partition coefficient (Wildman–Crippen LogP) is 5.10. The van der Waals surface area contributed by atoms with Gasteiger partial charge in [0.2, 0.25) is 17.7 Å². The molecule has 0 aliphatic heterocycles. The topological polar surface area (TPSA) is 122 Å². The Bertz CT molecular complexity index is 1650. The van der Waals surface area contributed by atoms with E-state index < -0.39 is 16.1 Å². The van der Waals surface area contributed by atoms with Crippen LogP contribution in [0.15, 0.2) is 88.3 Å². The number of aryl methyl sites for hydroxylation is 1. The third-order valence-electron chi connectivity index (χ3n) is 7.18. The first-order chi connectivity index (χ1) is 20.0. The summed E-state index contributed by atoms with van der Waals surface area (Å²) in [5.74, 6) is -0.432. The van der Waals surface area contributed by atoms with Gasteiger partial charge < -0.3 is 14.7 Å². The summed E-state index contributed by atoms with van der Waals surface area (Å²) in [6.07, 6.45) is 0.168. The average molecular weight is 589 g/mol. The van der Waals surface area contributed by atoms with Gasteiger partial charge in [-0.15, -0.1) is 0 Å². The highest BCUT2D eigenvalue weighted by atomic mass is 32.2. The predicted molar refractivity (Wildman–Crippen MR) is 162 cm³/mol. The molecule has 0 radical (unpaired) electrons. The summed E-state index contributed by atoms with van der Waals surface area (Å²) in [7, 11) is -2.42. The summed E-state index contributed by atoms with van der Waals surface area (Å²) in [6, 6.07) is 22.8. The van der Waals surface area contributed by atoms with Crippen LogP contribution in [0.2, 0.25) is 0 Å². The maximum atomic E-state index is 13.6. The molecule has 0 saturated carbocycles. The van der Waals surface area contributed by atoms with Crippen molar-refractivity contribution in [2.24, 2.45) is 5.92 Å². The van der Waals surface area contributed by atoms with Crippen LogP contribution in [-0.2, 0) is 32.6 Å². The molecule has 4 rings (SSSR count). The standard InChI is InChI=1S/C32H36N4O5S/c1-21(2)30(31(38)33-5)36(29(37)19-24-11-7-6-8-12-24)20-25-15-17-26(18-16-25)27-13-9-10-14-28(27)42(39,40)35-32-22(3)23(4)34-41-32/h6-18,21,30,35H,19-20H2,1-5H3,(H,33,38)/t30-/m0/s1. The van der Waals surface area contributed by atoms with Crippen molar-refractivity contribution in [3.05, 3.63) is 101 Å². The van der Waals surface area contributed by atoms with Gasteiger partial charge in [-0.3, -0.25) is 9.59 Å². The van der Waals surface area contributed by atoms with Gasteiger partial charge in [0.15, 0.2) is 0 Å². The SMILES string of the molecule is CNC(=O)[C@H](C(C)C)N(Cc1ccc(-c2ccccc2S(=O)(=O)Nc2onc(C)c2C)cc1)C(=O)Cc1ccccc1. The molecule has 9 nitrogen and oxygen atoms in total. The molecule has 1 atom stereocenters. The first-order valence-electron chi connectivity index (χ1n) is 13.7. The number of aromatic nitrogens is 1. The van der Waals surface area contributed by atoms with Gasteiger partial charge in [-0.05, 0) is 42.5 Å². The molecule has 220 valence electrons. The van der Waals surface area contributed by atoms with Gasteiger partial charge in [-0.2, -0.15) is 0 Å². The van der Waals surface area contributed by atoms with Gasteiger partial charge in [0, 0.05) is 24.7 Å². The van der Waals surface area contributed by atoms with E-state index in [0.29, 0.717) is 22.4 Å². The van der Waals surface area contributed by atoms with E-state index in [9.17, 15) is 18.0 Å². The fourth-order valence-electron chi connectivity index (χ4n) is 4.78. The molecule has 42 heavy (non-hydrogen) atoms. The van der Waals surface area contributed by atoms with Crippen molar-refractivity contribution in [3.63, 3.8) is 0 Å². The summed E-state index contributed by atoms with van der Waals surface area (Å²) in [5, 5.41) is 6.53. The van der Waals surface area contributed by atoms with Crippen LogP contribution in [0.25, 0.3) is 11.1 Å². The van der Waals surface area contributed by atoms with Crippen LogP contribution in [0, 0.1) is 19.8 Å². The molecule has 1 aromatic heterocycles. The highest BCUT2D eigenvalue weighted by Crippen LogP contribution is 2.30. The molecule has 3 aromatic carbocycles. The van der Waals surface area contributed by atoms with E-state index in [1.54, 1.807) is 44.0 Å². The number of rotatable bonds is 11. The second-order valence-corrected chi connectivity index (χ2v) is 12.2. The number of benzene rings is 3. The Morgan fingerprint density at radius 2 is 1.55 bits per heavy atom. The Hall–Kier alpha value is -4.44. The normalized spacial score (nSPS) is 12.1. The zero-order chi connectivity index (χ0) is 30.4. The van der Waals surface area contributed by atoms with Gasteiger partial charge in [-0.25, -0.2) is 13.1 Å². The third kappa shape index (κ3) is 6.88. The number of hydrogen-bond acceptors (Lipinski definition) is 6. The van der Waals surface area contributed by atoms with Crippen LogP contribution in [0.5, 0.6) is 0 Å².